The van der Waals surface area contributed by atoms with Gasteiger partial charge in [-0.15, -0.1) is 0 Å². The molecule has 2 heterocycles. The van der Waals surface area contributed by atoms with E-state index in [2.05, 4.69) is 15.8 Å². The molecule has 0 spiro atoms. The van der Waals surface area contributed by atoms with Crippen LogP contribution in [0.25, 0.3) is 16.8 Å². The van der Waals surface area contributed by atoms with Crippen LogP contribution in [0, 0.1) is 11.3 Å². The Morgan fingerprint density at radius 2 is 1.86 bits per heavy atom. The number of halogens is 1. The number of fused-ring (bicyclic) bond motifs is 1. The van der Waals surface area contributed by atoms with Gasteiger partial charge in [0.2, 0.25) is 0 Å². The highest BCUT2D eigenvalue weighted by Crippen LogP contribution is 2.38. The minimum Gasteiger partial charge on any atom is -0.487 e. The second-order valence-corrected chi connectivity index (χ2v) is 9.54. The lowest BCUT2D eigenvalue weighted by molar-refractivity contribution is 0.302. The SMILES string of the molecule is CS(=O)Nc1cc(=O)n2cc(-c3ccc(Oc4cc(Cl)c(OC5CC5)c(C#N)c4)cc3)ccc2n1. The summed E-state index contributed by atoms with van der Waals surface area (Å²) in [4.78, 5) is 16.8. The molecular formula is C25H19ClN4O4S. The molecule has 0 aliphatic heterocycles. The number of ether oxygens (including phenoxy) is 2. The molecule has 1 aliphatic carbocycles. The largest absolute Gasteiger partial charge is 0.487 e. The minimum atomic E-state index is -1.33. The van der Waals surface area contributed by atoms with Gasteiger partial charge in [-0.1, -0.05) is 23.7 Å². The molecule has 1 fully saturated rings. The Bertz CT molecular complexity index is 1560. The summed E-state index contributed by atoms with van der Waals surface area (Å²) in [7, 11) is -1.33. The van der Waals surface area contributed by atoms with Crippen LogP contribution in [0.15, 0.2) is 65.6 Å². The van der Waals surface area contributed by atoms with E-state index in [1.807, 2.05) is 18.2 Å². The highest BCUT2D eigenvalue weighted by atomic mass is 35.5. The van der Waals surface area contributed by atoms with Crippen molar-refractivity contribution in [2.45, 2.75) is 18.9 Å². The Morgan fingerprint density at radius 1 is 1.11 bits per heavy atom. The predicted octanol–water partition coefficient (Wildman–Crippen LogP) is 4.93. The molecule has 1 N–H and O–H groups in total. The Kier molecular flexibility index (Phi) is 6.16. The monoisotopic (exact) mass is 506 g/mol. The van der Waals surface area contributed by atoms with E-state index in [-0.39, 0.29) is 17.5 Å². The average Bonchev–Trinajstić information content (AvgIpc) is 3.65. The van der Waals surface area contributed by atoms with Gasteiger partial charge in [-0.3, -0.25) is 13.9 Å². The number of hydrogen-bond donors (Lipinski definition) is 1. The molecule has 176 valence electrons. The van der Waals surface area contributed by atoms with Crippen LogP contribution in [0.4, 0.5) is 5.82 Å². The van der Waals surface area contributed by atoms with Crippen molar-refractivity contribution in [2.24, 2.45) is 0 Å². The molecule has 2 aromatic carbocycles. The van der Waals surface area contributed by atoms with Gasteiger partial charge in [0, 0.05) is 30.7 Å². The minimum absolute atomic E-state index is 0.126. The maximum absolute atomic E-state index is 12.5. The molecule has 0 saturated heterocycles. The van der Waals surface area contributed by atoms with Gasteiger partial charge < -0.3 is 9.47 Å². The van der Waals surface area contributed by atoms with Crippen molar-refractivity contribution in [3.05, 3.63) is 81.7 Å². The van der Waals surface area contributed by atoms with E-state index in [1.165, 1.54) is 16.7 Å². The van der Waals surface area contributed by atoms with Gasteiger partial charge in [0.05, 0.1) is 16.7 Å². The van der Waals surface area contributed by atoms with Gasteiger partial charge >= 0.3 is 0 Å². The summed E-state index contributed by atoms with van der Waals surface area (Å²) < 4.78 is 27.1. The molecule has 1 atom stereocenters. The van der Waals surface area contributed by atoms with Gasteiger partial charge in [0.1, 0.15) is 40.0 Å². The van der Waals surface area contributed by atoms with Crippen LogP contribution in [0.3, 0.4) is 0 Å². The van der Waals surface area contributed by atoms with E-state index in [0.29, 0.717) is 33.5 Å². The smallest absolute Gasteiger partial charge is 0.259 e. The molecule has 5 rings (SSSR count). The van der Waals surface area contributed by atoms with Crippen molar-refractivity contribution in [1.82, 2.24) is 9.38 Å². The fraction of sp³-hybridized carbons (Fsp3) is 0.160. The van der Waals surface area contributed by atoms with Crippen LogP contribution in [-0.2, 0) is 11.0 Å². The Labute approximate surface area is 208 Å². The van der Waals surface area contributed by atoms with Crippen LogP contribution in [-0.4, -0.2) is 26.0 Å². The first-order valence-corrected chi connectivity index (χ1v) is 12.7. The molecular weight excluding hydrogens is 488 g/mol. The number of nitrogens with one attached hydrogen (secondary N) is 1. The molecule has 1 unspecified atom stereocenters. The zero-order chi connectivity index (χ0) is 24.5. The molecule has 10 heteroatoms. The fourth-order valence-corrected chi connectivity index (χ4v) is 4.16. The zero-order valence-corrected chi connectivity index (χ0v) is 20.1. The van der Waals surface area contributed by atoms with Crippen molar-refractivity contribution < 1.29 is 13.7 Å². The van der Waals surface area contributed by atoms with E-state index in [9.17, 15) is 14.3 Å². The lowest BCUT2D eigenvalue weighted by atomic mass is 10.1. The summed E-state index contributed by atoms with van der Waals surface area (Å²) in [5, 5.41) is 9.82. The van der Waals surface area contributed by atoms with Gasteiger partial charge in [-0.2, -0.15) is 5.26 Å². The van der Waals surface area contributed by atoms with Crippen molar-refractivity contribution in [2.75, 3.05) is 11.0 Å². The topological polar surface area (TPSA) is 106 Å². The van der Waals surface area contributed by atoms with Crippen LogP contribution in [0.5, 0.6) is 17.2 Å². The normalized spacial score (nSPS) is 13.7. The molecule has 2 aromatic heterocycles. The molecule has 1 aliphatic rings. The van der Waals surface area contributed by atoms with E-state index in [4.69, 9.17) is 21.1 Å². The summed E-state index contributed by atoms with van der Waals surface area (Å²) in [6.07, 6.45) is 5.22. The average molecular weight is 507 g/mol. The van der Waals surface area contributed by atoms with Crippen LogP contribution in [0.1, 0.15) is 18.4 Å². The summed E-state index contributed by atoms with van der Waals surface area (Å²) in [6.45, 7) is 0. The Morgan fingerprint density at radius 3 is 2.54 bits per heavy atom. The lowest BCUT2D eigenvalue weighted by Gasteiger charge is -2.12. The summed E-state index contributed by atoms with van der Waals surface area (Å²) in [5.74, 6) is 1.65. The van der Waals surface area contributed by atoms with Gasteiger partial charge in [0.25, 0.3) is 5.56 Å². The van der Waals surface area contributed by atoms with Gasteiger partial charge in [-0.25, -0.2) is 9.19 Å². The van der Waals surface area contributed by atoms with Crippen LogP contribution in [0.2, 0.25) is 5.02 Å². The molecule has 35 heavy (non-hydrogen) atoms. The van der Waals surface area contributed by atoms with Gasteiger partial charge in [-0.05, 0) is 48.2 Å². The number of nitrogens with zero attached hydrogens (tertiary/aromatic N) is 3. The number of aromatic nitrogens is 2. The molecule has 0 radical (unpaired) electrons. The molecule has 8 nitrogen and oxygen atoms in total. The van der Waals surface area contributed by atoms with Crippen molar-refractivity contribution in [1.29, 1.82) is 5.26 Å². The highest BCUT2D eigenvalue weighted by molar-refractivity contribution is 7.85. The molecule has 0 amide bonds. The number of pyridine rings is 1. The first-order valence-electron chi connectivity index (χ1n) is 10.7. The number of hydrogen-bond acceptors (Lipinski definition) is 6. The van der Waals surface area contributed by atoms with Crippen LogP contribution < -0.4 is 19.8 Å². The summed E-state index contributed by atoms with van der Waals surface area (Å²) >= 11 is 6.34. The number of rotatable bonds is 7. The zero-order valence-electron chi connectivity index (χ0n) is 18.5. The molecule has 1 saturated carbocycles. The predicted molar refractivity (Wildman–Crippen MR) is 134 cm³/mol. The second kappa shape index (κ2) is 9.41. The van der Waals surface area contributed by atoms with Crippen molar-refractivity contribution in [3.63, 3.8) is 0 Å². The number of benzene rings is 2. The third-order valence-corrected chi connectivity index (χ3v) is 6.06. The standard InChI is InChI=1S/C25H19ClN4O4S/c1-35(32)29-22-12-24(31)30-14-16(4-9-23(30)28-22)15-2-5-18(6-3-15)33-20-10-17(13-27)25(21(26)11-20)34-19-7-8-19/h2-6,9-12,14,19,29H,7-8H2,1H3. The maximum Gasteiger partial charge on any atom is 0.259 e. The number of anilines is 1. The summed E-state index contributed by atoms with van der Waals surface area (Å²) in [6, 6.07) is 17.5. The van der Waals surface area contributed by atoms with E-state index in [1.54, 1.807) is 36.5 Å². The first-order chi connectivity index (χ1) is 16.9. The lowest BCUT2D eigenvalue weighted by Crippen LogP contribution is -2.16. The van der Waals surface area contributed by atoms with E-state index >= 15 is 0 Å². The third kappa shape index (κ3) is 5.14. The molecule has 4 aromatic rings. The third-order valence-electron chi connectivity index (χ3n) is 5.28. The molecule has 0 bridgehead atoms. The fourth-order valence-electron chi connectivity index (χ4n) is 3.51. The quantitative estimate of drug-likeness (QED) is 0.381. The highest BCUT2D eigenvalue weighted by Gasteiger charge is 2.26. The van der Waals surface area contributed by atoms with Crippen molar-refractivity contribution in [3.8, 4) is 34.4 Å². The summed E-state index contributed by atoms with van der Waals surface area (Å²) in [5.41, 5.74) is 2.16. The Hall–Kier alpha value is -3.87. The van der Waals surface area contributed by atoms with E-state index in [0.717, 1.165) is 24.0 Å². The maximum atomic E-state index is 12.5. The first kappa shape index (κ1) is 22.9. The number of nitriles is 1. The van der Waals surface area contributed by atoms with Crippen LogP contribution >= 0.6 is 11.6 Å². The van der Waals surface area contributed by atoms with Crippen molar-refractivity contribution >= 4 is 34.1 Å². The second-order valence-electron chi connectivity index (χ2n) is 8.02. The van der Waals surface area contributed by atoms with E-state index < -0.39 is 11.0 Å². The Balaban J connectivity index is 1.37. The van der Waals surface area contributed by atoms with Gasteiger partial charge in [0.15, 0.2) is 5.75 Å².